The largest absolute Gasteiger partial charge is 0.314 e. The van der Waals surface area contributed by atoms with Gasteiger partial charge in [0.25, 0.3) is 5.69 Å². The van der Waals surface area contributed by atoms with Gasteiger partial charge in [0, 0.05) is 25.2 Å². The monoisotopic (exact) mass is 353 g/mol. The van der Waals surface area contributed by atoms with Crippen molar-refractivity contribution in [1.82, 2.24) is 9.62 Å². The maximum atomic E-state index is 13.0. The van der Waals surface area contributed by atoms with Crippen molar-refractivity contribution < 1.29 is 13.3 Å². The van der Waals surface area contributed by atoms with Crippen molar-refractivity contribution in [1.29, 1.82) is 0 Å². The molecule has 1 aromatic carbocycles. The Bertz CT molecular complexity index is 721. The summed E-state index contributed by atoms with van der Waals surface area (Å²) in [7, 11) is -3.84. The average molecular weight is 353 g/mol. The molecule has 24 heavy (non-hydrogen) atoms. The first kappa shape index (κ1) is 17.3. The van der Waals surface area contributed by atoms with Crippen LogP contribution in [0, 0.1) is 23.0 Å². The van der Waals surface area contributed by atoms with Crippen molar-refractivity contribution in [3.8, 4) is 0 Å². The number of piperidine rings is 1. The Kier molecular flexibility index (Phi) is 4.89. The highest BCUT2D eigenvalue weighted by Crippen LogP contribution is 2.33. The molecule has 0 aromatic heterocycles. The summed E-state index contributed by atoms with van der Waals surface area (Å²) in [5.41, 5.74) is 0.0818. The standard InChI is InChI=1S/C16H23N3O4S/c1-12-4-2-6-15(19(20)21)16(12)24(22,23)18-10-7-13(8-11-18)14-5-3-9-17-14/h2,4,6,13-14,17H,3,5,7-11H2,1H3. The van der Waals surface area contributed by atoms with E-state index in [1.807, 2.05) is 0 Å². The van der Waals surface area contributed by atoms with Crippen LogP contribution < -0.4 is 5.32 Å². The number of hydrogen-bond acceptors (Lipinski definition) is 5. The molecule has 2 aliphatic rings. The lowest BCUT2D eigenvalue weighted by Gasteiger charge is -2.34. The van der Waals surface area contributed by atoms with Crippen LogP contribution in [0.4, 0.5) is 5.69 Å². The molecular weight excluding hydrogens is 330 g/mol. The minimum absolute atomic E-state index is 0.160. The van der Waals surface area contributed by atoms with Crippen molar-refractivity contribution >= 4 is 15.7 Å². The van der Waals surface area contributed by atoms with Crippen LogP contribution >= 0.6 is 0 Å². The lowest BCUT2D eigenvalue weighted by Crippen LogP contribution is -2.43. The van der Waals surface area contributed by atoms with Crippen molar-refractivity contribution in [3.05, 3.63) is 33.9 Å². The average Bonchev–Trinajstić information content (AvgIpc) is 3.09. The zero-order valence-electron chi connectivity index (χ0n) is 13.8. The molecule has 7 nitrogen and oxygen atoms in total. The van der Waals surface area contributed by atoms with Crippen molar-refractivity contribution in [2.45, 2.75) is 43.5 Å². The normalized spacial score (nSPS) is 23.5. The molecule has 0 aliphatic carbocycles. The third-order valence-electron chi connectivity index (χ3n) is 5.15. The minimum Gasteiger partial charge on any atom is -0.314 e. The molecule has 3 rings (SSSR count). The molecule has 0 spiro atoms. The van der Waals surface area contributed by atoms with Crippen molar-refractivity contribution in [3.63, 3.8) is 0 Å². The van der Waals surface area contributed by atoms with Gasteiger partial charge in [0.15, 0.2) is 4.90 Å². The second-order valence-electron chi connectivity index (χ2n) is 6.62. The molecule has 8 heteroatoms. The fourth-order valence-electron chi connectivity index (χ4n) is 3.88. The molecular formula is C16H23N3O4S. The van der Waals surface area contributed by atoms with Crippen molar-refractivity contribution in [2.24, 2.45) is 5.92 Å². The molecule has 1 atom stereocenters. The Labute approximate surface area is 142 Å². The van der Waals surface area contributed by atoms with Gasteiger partial charge in [-0.3, -0.25) is 10.1 Å². The fraction of sp³-hybridized carbons (Fsp3) is 0.625. The van der Waals surface area contributed by atoms with Gasteiger partial charge in [0.1, 0.15) is 0 Å². The maximum Gasteiger partial charge on any atom is 0.289 e. The van der Waals surface area contributed by atoms with Crippen LogP contribution in [-0.2, 0) is 10.0 Å². The molecule has 2 fully saturated rings. The molecule has 0 bridgehead atoms. The number of nitrogens with one attached hydrogen (secondary N) is 1. The van der Waals surface area contributed by atoms with Gasteiger partial charge in [-0.2, -0.15) is 4.31 Å². The first-order valence-corrected chi connectivity index (χ1v) is 9.83. The third-order valence-corrected chi connectivity index (χ3v) is 7.24. The second-order valence-corrected chi connectivity index (χ2v) is 8.50. The number of benzene rings is 1. The minimum atomic E-state index is -3.84. The topological polar surface area (TPSA) is 92.5 Å². The number of sulfonamides is 1. The van der Waals surface area contributed by atoms with Crippen LogP contribution in [0.2, 0.25) is 0 Å². The zero-order chi connectivity index (χ0) is 17.3. The summed E-state index contributed by atoms with van der Waals surface area (Å²) < 4.78 is 27.3. The van der Waals surface area contributed by atoms with Crippen LogP contribution in [0.25, 0.3) is 0 Å². The van der Waals surface area contributed by atoms with E-state index in [9.17, 15) is 18.5 Å². The second kappa shape index (κ2) is 6.78. The number of hydrogen-bond donors (Lipinski definition) is 1. The smallest absolute Gasteiger partial charge is 0.289 e. The lowest BCUT2D eigenvalue weighted by atomic mass is 9.89. The van der Waals surface area contributed by atoms with Gasteiger partial charge in [-0.1, -0.05) is 12.1 Å². The van der Waals surface area contributed by atoms with E-state index >= 15 is 0 Å². The van der Waals surface area contributed by atoms with E-state index in [2.05, 4.69) is 5.32 Å². The van der Waals surface area contributed by atoms with Crippen LogP contribution in [0.3, 0.4) is 0 Å². The van der Waals surface area contributed by atoms with E-state index < -0.39 is 14.9 Å². The number of nitrogens with zero attached hydrogens (tertiary/aromatic N) is 2. The number of rotatable bonds is 4. The Morgan fingerprint density at radius 2 is 1.96 bits per heavy atom. The highest BCUT2D eigenvalue weighted by molar-refractivity contribution is 7.89. The fourth-order valence-corrected chi connectivity index (χ4v) is 5.71. The molecule has 1 N–H and O–H groups in total. The van der Waals surface area contributed by atoms with Gasteiger partial charge < -0.3 is 5.32 Å². The summed E-state index contributed by atoms with van der Waals surface area (Å²) in [5, 5.41) is 14.7. The van der Waals surface area contributed by atoms with Gasteiger partial charge in [-0.05, 0) is 50.6 Å². The molecule has 0 saturated carbocycles. The number of aryl methyl sites for hydroxylation is 1. The predicted octanol–water partition coefficient (Wildman–Crippen LogP) is 2.06. The Hall–Kier alpha value is -1.51. The SMILES string of the molecule is Cc1cccc([N+](=O)[O-])c1S(=O)(=O)N1CCC(C2CCCN2)CC1. The summed E-state index contributed by atoms with van der Waals surface area (Å²) in [6.45, 7) is 3.50. The first-order valence-electron chi connectivity index (χ1n) is 8.39. The highest BCUT2D eigenvalue weighted by Gasteiger charge is 2.37. The van der Waals surface area contributed by atoms with Crippen LogP contribution in [0.15, 0.2) is 23.1 Å². The molecule has 2 saturated heterocycles. The summed E-state index contributed by atoms with van der Waals surface area (Å²) in [6.07, 6.45) is 3.94. The molecule has 1 aromatic rings. The molecule has 2 aliphatic heterocycles. The Balaban J connectivity index is 1.81. The first-order chi connectivity index (χ1) is 11.4. The van der Waals surface area contributed by atoms with E-state index in [-0.39, 0.29) is 10.6 Å². The molecule has 1 unspecified atom stereocenters. The summed E-state index contributed by atoms with van der Waals surface area (Å²) in [5.74, 6) is 0.491. The lowest BCUT2D eigenvalue weighted by molar-refractivity contribution is -0.387. The number of nitro benzene ring substituents is 1. The van der Waals surface area contributed by atoms with Gasteiger partial charge in [-0.25, -0.2) is 8.42 Å². The van der Waals surface area contributed by atoms with E-state index in [1.165, 1.54) is 22.9 Å². The Morgan fingerprint density at radius 3 is 2.54 bits per heavy atom. The van der Waals surface area contributed by atoms with Gasteiger partial charge in [-0.15, -0.1) is 0 Å². The zero-order valence-corrected chi connectivity index (χ0v) is 14.6. The van der Waals surface area contributed by atoms with E-state index in [4.69, 9.17) is 0 Å². The van der Waals surface area contributed by atoms with Crippen LogP contribution in [-0.4, -0.2) is 43.3 Å². The van der Waals surface area contributed by atoms with Gasteiger partial charge in [0.2, 0.25) is 10.0 Å². The highest BCUT2D eigenvalue weighted by atomic mass is 32.2. The molecule has 132 valence electrons. The quantitative estimate of drug-likeness (QED) is 0.661. The third kappa shape index (κ3) is 3.18. The number of nitro groups is 1. The van der Waals surface area contributed by atoms with Crippen LogP contribution in [0.5, 0.6) is 0 Å². The molecule has 2 heterocycles. The summed E-state index contributed by atoms with van der Waals surface area (Å²) >= 11 is 0. The van der Waals surface area contributed by atoms with E-state index in [0.29, 0.717) is 30.6 Å². The van der Waals surface area contributed by atoms with Crippen molar-refractivity contribution in [2.75, 3.05) is 19.6 Å². The van der Waals surface area contributed by atoms with E-state index in [0.717, 1.165) is 25.8 Å². The predicted molar refractivity (Wildman–Crippen MR) is 90.3 cm³/mol. The maximum absolute atomic E-state index is 13.0. The molecule has 0 radical (unpaired) electrons. The summed E-state index contributed by atoms with van der Waals surface area (Å²) in [4.78, 5) is 10.5. The summed E-state index contributed by atoms with van der Waals surface area (Å²) in [6, 6.07) is 4.87. The van der Waals surface area contributed by atoms with Gasteiger partial charge >= 0.3 is 0 Å². The Morgan fingerprint density at radius 1 is 1.25 bits per heavy atom. The molecule has 0 amide bonds. The van der Waals surface area contributed by atoms with E-state index in [1.54, 1.807) is 13.0 Å². The van der Waals surface area contributed by atoms with Crippen LogP contribution in [0.1, 0.15) is 31.2 Å². The van der Waals surface area contributed by atoms with Gasteiger partial charge in [0.05, 0.1) is 4.92 Å².